The number of rotatable bonds is 3. The molecule has 0 heterocycles. The Kier molecular flexibility index (Phi) is 14.7. The minimum absolute atomic E-state index is 0. The Balaban J connectivity index is -0.000000152. The van der Waals surface area contributed by atoms with Gasteiger partial charge in [0, 0.05) is 0 Å². The zero-order chi connectivity index (χ0) is 23.1. The smallest absolute Gasteiger partial charge is 0.748 e. The predicted molar refractivity (Wildman–Crippen MR) is 67.6 cm³/mol. The Labute approximate surface area is 162 Å². The summed E-state index contributed by atoms with van der Waals surface area (Å²) in [6.45, 7) is 0. The average molecular weight is 516 g/mol. The number of halogens is 9. The fourth-order valence-corrected chi connectivity index (χ4v) is 1.80. The molecule has 0 bridgehead atoms. The van der Waals surface area contributed by atoms with Crippen LogP contribution in [0.1, 0.15) is 0 Å². The summed E-state index contributed by atoms with van der Waals surface area (Å²) >= 11 is 0. The molecular formula is C6H6AlF9O9S3. The quantitative estimate of drug-likeness (QED) is 0.282. The third kappa shape index (κ3) is 50.0. The van der Waals surface area contributed by atoms with Crippen molar-refractivity contribution >= 4 is 47.7 Å². The third-order valence-electron chi connectivity index (χ3n) is 1.02. The Hall–Kier alpha value is -0.368. The second kappa shape index (κ2) is 11.7. The Morgan fingerprint density at radius 2 is 0.571 bits per heavy atom. The van der Waals surface area contributed by atoms with Crippen molar-refractivity contribution < 1.29 is 78.4 Å². The summed E-state index contributed by atoms with van der Waals surface area (Å²) in [6, 6.07) is 0. The van der Waals surface area contributed by atoms with Crippen molar-refractivity contribution in [3.63, 3.8) is 0 Å². The molecule has 0 aromatic rings. The Morgan fingerprint density at radius 1 is 0.464 bits per heavy atom. The molecule has 0 fully saturated rings. The topological polar surface area (TPSA) is 172 Å². The van der Waals surface area contributed by atoms with E-state index in [4.69, 9.17) is 0 Å². The van der Waals surface area contributed by atoms with Crippen molar-refractivity contribution in [2.75, 3.05) is 17.3 Å². The van der Waals surface area contributed by atoms with Gasteiger partial charge in [-0.2, -0.15) is 39.5 Å². The summed E-state index contributed by atoms with van der Waals surface area (Å²) in [6.07, 6.45) is -14.7. The van der Waals surface area contributed by atoms with E-state index in [9.17, 15) is 78.4 Å². The van der Waals surface area contributed by atoms with Crippen LogP contribution in [0, 0.1) is 0 Å². The van der Waals surface area contributed by atoms with E-state index in [0.29, 0.717) is 0 Å². The normalized spacial score (nSPS) is 13.3. The third-order valence-corrected chi connectivity index (χ3v) is 3.06. The standard InChI is InChI=1S/3C2H3F3O3S.Al/c3*3-2(4,5)1-9(6,7)8;/h3*1H2,(H,6,7,8);/q;;;+3/p-3. The first-order valence-corrected chi connectivity index (χ1v) is 9.86. The molecule has 0 aliphatic heterocycles. The largest absolute Gasteiger partial charge is 3.00 e. The number of hydrogen-bond donors (Lipinski definition) is 0. The molecule has 0 N–H and O–H groups in total. The molecule has 0 saturated heterocycles. The zero-order valence-electron chi connectivity index (χ0n) is 12.5. The van der Waals surface area contributed by atoms with Gasteiger partial charge in [0.15, 0.2) is 0 Å². The SMILES string of the molecule is O=S(=O)([O-])CC(F)(F)F.O=S(=O)([O-])CC(F)(F)F.O=S(=O)([O-])CC(F)(F)F.[Al+3]. The van der Waals surface area contributed by atoms with Crippen molar-refractivity contribution in [1.82, 2.24) is 0 Å². The van der Waals surface area contributed by atoms with E-state index in [1.54, 1.807) is 0 Å². The van der Waals surface area contributed by atoms with Gasteiger partial charge < -0.3 is 13.7 Å². The first-order valence-electron chi connectivity index (χ1n) is 5.13. The molecule has 0 aromatic heterocycles. The van der Waals surface area contributed by atoms with Crippen LogP contribution in [0.15, 0.2) is 0 Å². The maximum Gasteiger partial charge on any atom is 3.00 e. The van der Waals surface area contributed by atoms with E-state index in [-0.39, 0.29) is 17.4 Å². The molecule has 9 nitrogen and oxygen atoms in total. The van der Waals surface area contributed by atoms with Crippen molar-refractivity contribution in [3.05, 3.63) is 0 Å². The van der Waals surface area contributed by atoms with Gasteiger partial charge in [0.05, 0.1) is 0 Å². The molecule has 168 valence electrons. The molecule has 28 heavy (non-hydrogen) atoms. The van der Waals surface area contributed by atoms with E-state index in [1.165, 1.54) is 0 Å². The van der Waals surface area contributed by atoms with Gasteiger partial charge in [-0.1, -0.05) is 0 Å². The van der Waals surface area contributed by atoms with Crippen LogP contribution in [0.25, 0.3) is 0 Å². The van der Waals surface area contributed by atoms with Gasteiger partial charge in [-0.25, -0.2) is 25.3 Å². The van der Waals surface area contributed by atoms with Crippen molar-refractivity contribution in [2.24, 2.45) is 0 Å². The van der Waals surface area contributed by atoms with Gasteiger partial charge in [0.25, 0.3) is 0 Å². The maximum absolute atomic E-state index is 11.0. The molecule has 0 amide bonds. The molecule has 0 spiro atoms. The van der Waals surface area contributed by atoms with E-state index in [1.807, 2.05) is 0 Å². The van der Waals surface area contributed by atoms with Crippen LogP contribution in [0.4, 0.5) is 39.5 Å². The van der Waals surface area contributed by atoms with Crippen LogP contribution in [0.5, 0.6) is 0 Å². The van der Waals surface area contributed by atoms with Gasteiger partial charge in [-0.15, -0.1) is 0 Å². The Bertz CT molecular complexity index is 644. The molecule has 0 aliphatic carbocycles. The Morgan fingerprint density at radius 3 is 0.571 bits per heavy atom. The second-order valence-electron chi connectivity index (χ2n) is 3.95. The van der Waals surface area contributed by atoms with Crippen LogP contribution in [0.2, 0.25) is 0 Å². The predicted octanol–water partition coefficient (Wildman–Crippen LogP) is -0.0991. The summed E-state index contributed by atoms with van der Waals surface area (Å²) in [5.41, 5.74) is 0. The van der Waals surface area contributed by atoms with Crippen molar-refractivity contribution in [3.8, 4) is 0 Å². The molecule has 0 aromatic carbocycles. The minimum atomic E-state index is -5.16. The van der Waals surface area contributed by atoms with Gasteiger partial charge in [-0.3, -0.25) is 0 Å². The maximum atomic E-state index is 11.0. The van der Waals surface area contributed by atoms with E-state index < -0.39 is 66.1 Å². The molecular weight excluding hydrogens is 510 g/mol. The first-order chi connectivity index (χ1) is 11.1. The van der Waals surface area contributed by atoms with Gasteiger partial charge >= 0.3 is 35.9 Å². The van der Waals surface area contributed by atoms with Crippen molar-refractivity contribution in [2.45, 2.75) is 18.5 Å². The summed E-state index contributed by atoms with van der Waals surface area (Å²) in [5, 5.41) is 0. The fourth-order valence-electron chi connectivity index (χ4n) is 0.601. The fraction of sp³-hybridized carbons (Fsp3) is 1.00. The summed E-state index contributed by atoms with van der Waals surface area (Å²) in [5.74, 6) is -6.88. The first kappa shape index (κ1) is 35.1. The van der Waals surface area contributed by atoms with Crippen LogP contribution < -0.4 is 0 Å². The molecule has 0 rings (SSSR count). The zero-order valence-corrected chi connectivity index (χ0v) is 16.1. The van der Waals surface area contributed by atoms with E-state index in [0.717, 1.165) is 0 Å². The molecule has 0 unspecified atom stereocenters. The summed E-state index contributed by atoms with van der Waals surface area (Å²) in [4.78, 5) is 0. The summed E-state index contributed by atoms with van der Waals surface area (Å²) in [7, 11) is -15.5. The second-order valence-corrected chi connectivity index (χ2v) is 8.16. The number of hydrogen-bond acceptors (Lipinski definition) is 9. The van der Waals surface area contributed by atoms with Crippen LogP contribution in [-0.2, 0) is 30.4 Å². The van der Waals surface area contributed by atoms with Crippen LogP contribution in [0.3, 0.4) is 0 Å². The average Bonchev–Trinajstić information content (AvgIpc) is 1.96. The minimum Gasteiger partial charge on any atom is -0.748 e. The van der Waals surface area contributed by atoms with E-state index >= 15 is 0 Å². The van der Waals surface area contributed by atoms with Crippen molar-refractivity contribution in [1.29, 1.82) is 0 Å². The molecule has 22 heteroatoms. The number of alkyl halides is 9. The molecule has 0 aliphatic rings. The van der Waals surface area contributed by atoms with Crippen LogP contribution >= 0.6 is 0 Å². The van der Waals surface area contributed by atoms with Crippen LogP contribution in [-0.4, -0.2) is 92.1 Å². The van der Waals surface area contributed by atoms with Gasteiger partial charge in [0.2, 0.25) is 0 Å². The molecule has 0 atom stereocenters. The molecule has 0 saturated carbocycles. The monoisotopic (exact) mass is 516 g/mol. The van der Waals surface area contributed by atoms with Gasteiger partial charge in [0.1, 0.15) is 47.6 Å². The van der Waals surface area contributed by atoms with E-state index in [2.05, 4.69) is 0 Å². The molecule has 0 radical (unpaired) electrons. The van der Waals surface area contributed by atoms with Gasteiger partial charge in [-0.05, 0) is 0 Å². The summed E-state index contributed by atoms with van der Waals surface area (Å²) < 4.78 is 183.